The van der Waals surface area contributed by atoms with Crippen LogP contribution in [0.25, 0.3) is 0 Å². The maximum Gasteiger partial charge on any atom is 0.337 e. The molecule has 108 valence electrons. The Labute approximate surface area is 119 Å². The highest BCUT2D eigenvalue weighted by Crippen LogP contribution is 2.62. The lowest BCUT2D eigenvalue weighted by molar-refractivity contribution is 0.0696. The van der Waals surface area contributed by atoms with Gasteiger partial charge in [-0.15, -0.1) is 0 Å². The Kier molecular flexibility index (Phi) is 2.82. The summed E-state index contributed by atoms with van der Waals surface area (Å²) in [6, 6.07) is 3.78. The van der Waals surface area contributed by atoms with Crippen molar-refractivity contribution in [1.82, 2.24) is 4.98 Å². The molecule has 0 aromatic carbocycles. The molecular weight excluding hydrogens is 252 g/mol. The fourth-order valence-electron chi connectivity index (χ4n) is 4.42. The molecule has 1 aromatic rings. The van der Waals surface area contributed by atoms with Crippen molar-refractivity contribution in [2.45, 2.75) is 46.1 Å². The van der Waals surface area contributed by atoms with Gasteiger partial charge in [-0.1, -0.05) is 20.8 Å². The van der Waals surface area contributed by atoms with Gasteiger partial charge in [0.05, 0.1) is 5.56 Å². The van der Waals surface area contributed by atoms with Gasteiger partial charge in [-0.25, -0.2) is 9.78 Å². The maximum atomic E-state index is 10.9. The van der Waals surface area contributed by atoms with Gasteiger partial charge in [0.2, 0.25) is 0 Å². The molecular formula is C16H22N2O2. The number of carboxylic acids is 1. The quantitative estimate of drug-likeness (QED) is 0.886. The van der Waals surface area contributed by atoms with Crippen LogP contribution in [0.2, 0.25) is 0 Å². The normalized spacial score (nSPS) is 34.1. The summed E-state index contributed by atoms with van der Waals surface area (Å²) in [5.74, 6) is 0.626. The lowest BCUT2D eigenvalue weighted by Gasteiger charge is -2.43. The molecule has 2 fully saturated rings. The van der Waals surface area contributed by atoms with Crippen molar-refractivity contribution in [2.75, 3.05) is 5.32 Å². The summed E-state index contributed by atoms with van der Waals surface area (Å²) in [5, 5.41) is 12.5. The first kappa shape index (κ1) is 13.4. The van der Waals surface area contributed by atoms with Gasteiger partial charge < -0.3 is 10.4 Å². The minimum Gasteiger partial charge on any atom is -0.478 e. The minimum absolute atomic E-state index is 0.231. The Balaban J connectivity index is 1.82. The topological polar surface area (TPSA) is 62.2 Å². The Morgan fingerprint density at radius 3 is 2.65 bits per heavy atom. The van der Waals surface area contributed by atoms with E-state index < -0.39 is 5.97 Å². The summed E-state index contributed by atoms with van der Waals surface area (Å²) in [6.45, 7) is 7.04. The van der Waals surface area contributed by atoms with Gasteiger partial charge in [-0.2, -0.15) is 0 Å². The van der Waals surface area contributed by atoms with Crippen LogP contribution < -0.4 is 5.32 Å². The van der Waals surface area contributed by atoms with E-state index in [-0.39, 0.29) is 11.0 Å². The Morgan fingerprint density at radius 1 is 1.40 bits per heavy atom. The Hall–Kier alpha value is -1.58. The first-order valence-electron chi connectivity index (χ1n) is 7.29. The SMILES string of the molecule is CC12CCC(C1)C(C)(C)C2Nc1ccc(C(=O)O)cn1. The van der Waals surface area contributed by atoms with Crippen LogP contribution >= 0.6 is 0 Å². The summed E-state index contributed by atoms with van der Waals surface area (Å²) in [6.07, 6.45) is 5.30. The molecule has 0 radical (unpaired) electrons. The summed E-state index contributed by atoms with van der Waals surface area (Å²) in [7, 11) is 0. The van der Waals surface area contributed by atoms with Crippen molar-refractivity contribution in [3.8, 4) is 0 Å². The molecule has 0 saturated heterocycles. The molecule has 4 nitrogen and oxygen atoms in total. The van der Waals surface area contributed by atoms with Crippen LogP contribution in [-0.2, 0) is 0 Å². The van der Waals surface area contributed by atoms with Crippen molar-refractivity contribution >= 4 is 11.8 Å². The molecule has 2 N–H and O–H groups in total. The van der Waals surface area contributed by atoms with Crippen LogP contribution in [0.5, 0.6) is 0 Å². The largest absolute Gasteiger partial charge is 0.478 e. The molecule has 0 spiro atoms. The second kappa shape index (κ2) is 4.21. The van der Waals surface area contributed by atoms with E-state index >= 15 is 0 Å². The molecule has 2 bridgehead atoms. The minimum atomic E-state index is -0.934. The molecule has 2 aliphatic rings. The van der Waals surface area contributed by atoms with E-state index in [0.717, 1.165) is 11.7 Å². The predicted octanol–water partition coefficient (Wildman–Crippen LogP) is 3.41. The van der Waals surface area contributed by atoms with Gasteiger partial charge in [0.25, 0.3) is 0 Å². The lowest BCUT2D eigenvalue weighted by atomic mass is 9.68. The van der Waals surface area contributed by atoms with E-state index in [0.29, 0.717) is 11.5 Å². The van der Waals surface area contributed by atoms with Crippen molar-refractivity contribution in [3.63, 3.8) is 0 Å². The van der Waals surface area contributed by atoms with Gasteiger partial charge in [0, 0.05) is 12.2 Å². The van der Waals surface area contributed by atoms with Crippen molar-refractivity contribution in [1.29, 1.82) is 0 Å². The van der Waals surface area contributed by atoms with Crippen LogP contribution in [0, 0.1) is 16.7 Å². The first-order chi connectivity index (χ1) is 9.33. The van der Waals surface area contributed by atoms with Crippen molar-refractivity contribution in [3.05, 3.63) is 23.9 Å². The number of fused-ring (bicyclic) bond motifs is 2. The monoisotopic (exact) mass is 274 g/mol. The average Bonchev–Trinajstić information content (AvgIpc) is 2.86. The third-order valence-corrected chi connectivity index (χ3v) is 5.57. The molecule has 1 heterocycles. The van der Waals surface area contributed by atoms with Gasteiger partial charge in [-0.3, -0.25) is 0 Å². The van der Waals surface area contributed by atoms with E-state index in [9.17, 15) is 4.79 Å². The Morgan fingerprint density at radius 2 is 2.15 bits per heavy atom. The number of carboxylic acid groups (broad SMARTS) is 1. The summed E-state index contributed by atoms with van der Waals surface area (Å²) in [5.41, 5.74) is 0.829. The number of nitrogens with zero attached hydrogens (tertiary/aromatic N) is 1. The highest BCUT2D eigenvalue weighted by atomic mass is 16.4. The number of hydrogen-bond acceptors (Lipinski definition) is 3. The molecule has 3 rings (SSSR count). The molecule has 3 atom stereocenters. The van der Waals surface area contributed by atoms with Crippen LogP contribution in [0.4, 0.5) is 5.82 Å². The zero-order valence-electron chi connectivity index (χ0n) is 12.3. The number of nitrogens with one attached hydrogen (secondary N) is 1. The van der Waals surface area contributed by atoms with Crippen molar-refractivity contribution in [2.24, 2.45) is 16.7 Å². The average molecular weight is 274 g/mol. The number of aromatic nitrogens is 1. The number of carbonyl (C=O) groups is 1. The fourth-order valence-corrected chi connectivity index (χ4v) is 4.42. The Bertz CT molecular complexity index is 533. The van der Waals surface area contributed by atoms with E-state index in [2.05, 4.69) is 31.1 Å². The molecule has 20 heavy (non-hydrogen) atoms. The van der Waals surface area contributed by atoms with Crippen LogP contribution in [0.15, 0.2) is 18.3 Å². The number of rotatable bonds is 3. The van der Waals surface area contributed by atoms with Crippen LogP contribution in [0.3, 0.4) is 0 Å². The number of aromatic carboxylic acids is 1. The molecule has 3 unspecified atom stereocenters. The summed E-state index contributed by atoms with van der Waals surface area (Å²) < 4.78 is 0. The molecule has 4 heteroatoms. The third-order valence-electron chi connectivity index (χ3n) is 5.57. The number of pyridine rings is 1. The smallest absolute Gasteiger partial charge is 0.337 e. The van der Waals surface area contributed by atoms with Crippen LogP contribution in [0.1, 0.15) is 50.4 Å². The summed E-state index contributed by atoms with van der Waals surface area (Å²) in [4.78, 5) is 15.1. The summed E-state index contributed by atoms with van der Waals surface area (Å²) >= 11 is 0. The predicted molar refractivity (Wildman–Crippen MR) is 77.8 cm³/mol. The molecule has 2 aliphatic carbocycles. The van der Waals surface area contributed by atoms with Crippen molar-refractivity contribution < 1.29 is 9.90 Å². The standard InChI is InChI=1S/C16H22N2O2/c1-15(2)11-6-7-16(3,8-11)14(15)18-12-5-4-10(9-17-12)13(19)20/h4-5,9,11,14H,6-8H2,1-3H3,(H,17,18)(H,19,20). The van der Waals surface area contributed by atoms with Crippen LogP contribution in [-0.4, -0.2) is 22.1 Å². The van der Waals surface area contributed by atoms with Gasteiger partial charge >= 0.3 is 5.97 Å². The zero-order valence-corrected chi connectivity index (χ0v) is 12.3. The van der Waals surface area contributed by atoms with Gasteiger partial charge in [0.1, 0.15) is 5.82 Å². The van der Waals surface area contributed by atoms with E-state index in [1.165, 1.54) is 25.5 Å². The molecule has 0 amide bonds. The number of anilines is 1. The lowest BCUT2D eigenvalue weighted by Crippen LogP contribution is -2.45. The van der Waals surface area contributed by atoms with Gasteiger partial charge in [0.15, 0.2) is 0 Å². The second-order valence-electron chi connectivity index (χ2n) is 7.23. The van der Waals surface area contributed by atoms with Gasteiger partial charge in [-0.05, 0) is 48.1 Å². The third kappa shape index (κ3) is 1.89. The zero-order chi connectivity index (χ0) is 14.5. The molecule has 0 aliphatic heterocycles. The van der Waals surface area contributed by atoms with E-state index in [1.54, 1.807) is 12.1 Å². The maximum absolute atomic E-state index is 10.9. The number of hydrogen-bond donors (Lipinski definition) is 2. The highest BCUT2D eigenvalue weighted by molar-refractivity contribution is 5.87. The molecule has 1 aromatic heterocycles. The second-order valence-corrected chi connectivity index (χ2v) is 7.23. The first-order valence-corrected chi connectivity index (χ1v) is 7.29. The highest BCUT2D eigenvalue weighted by Gasteiger charge is 2.59. The van der Waals surface area contributed by atoms with E-state index in [1.807, 2.05) is 0 Å². The van der Waals surface area contributed by atoms with E-state index in [4.69, 9.17) is 5.11 Å². The molecule has 2 saturated carbocycles. The fraction of sp³-hybridized carbons (Fsp3) is 0.625.